The maximum Gasteiger partial charge on any atom is 0.490 e. The fourth-order valence-electron chi connectivity index (χ4n) is 3.38. The molecule has 2 aromatic heterocycles. The zero-order chi connectivity index (χ0) is 34.7. The van der Waals surface area contributed by atoms with Crippen LogP contribution in [0.2, 0.25) is 0 Å². The molecular formula is C26H24F9N5O6. The second-order valence-electron chi connectivity index (χ2n) is 8.67. The number of pyridine rings is 2. The summed E-state index contributed by atoms with van der Waals surface area (Å²) in [6.45, 7) is 2.78. The van der Waals surface area contributed by atoms with Gasteiger partial charge in [-0.15, -0.1) is 0 Å². The number of alkyl halides is 9. The number of halogens is 9. The van der Waals surface area contributed by atoms with Gasteiger partial charge in [0.15, 0.2) is 0 Å². The summed E-state index contributed by atoms with van der Waals surface area (Å²) in [5.74, 6) is -4.45. The van der Waals surface area contributed by atoms with E-state index in [0.29, 0.717) is 30.5 Å². The third-order valence-corrected chi connectivity index (χ3v) is 5.44. The Kier molecular flexibility index (Phi) is 12.8. The van der Waals surface area contributed by atoms with Crippen LogP contribution in [0.25, 0.3) is 0 Å². The molecule has 1 saturated heterocycles. The van der Waals surface area contributed by atoms with E-state index in [1.54, 1.807) is 18.2 Å². The van der Waals surface area contributed by atoms with Crippen molar-refractivity contribution in [3.8, 4) is 5.75 Å². The number of nitrogens with one attached hydrogen (secondary N) is 2. The summed E-state index contributed by atoms with van der Waals surface area (Å²) in [7, 11) is 1.53. The van der Waals surface area contributed by atoms with E-state index in [2.05, 4.69) is 25.5 Å². The highest BCUT2D eigenvalue weighted by molar-refractivity contribution is 5.74. The second kappa shape index (κ2) is 15.8. The van der Waals surface area contributed by atoms with E-state index < -0.39 is 36.0 Å². The molecule has 0 bridgehead atoms. The average Bonchev–Trinajstić information content (AvgIpc) is 2.97. The first-order valence-electron chi connectivity index (χ1n) is 12.5. The summed E-state index contributed by atoms with van der Waals surface area (Å²) in [5.41, 5.74) is 0.502. The van der Waals surface area contributed by atoms with Gasteiger partial charge in [-0.25, -0.2) is 19.6 Å². The number of hydrogen-bond donors (Lipinski definition) is 4. The highest BCUT2D eigenvalue weighted by atomic mass is 19.4. The number of methoxy groups -OCH3 is 1. The van der Waals surface area contributed by atoms with Crippen molar-refractivity contribution in [1.82, 2.24) is 9.97 Å². The number of carboxylic acids is 2. The molecule has 1 aliphatic rings. The zero-order valence-electron chi connectivity index (χ0n) is 23.3. The molecular weight excluding hydrogens is 649 g/mol. The summed E-state index contributed by atoms with van der Waals surface area (Å²) >= 11 is 0. The van der Waals surface area contributed by atoms with Crippen LogP contribution in [-0.2, 0) is 20.5 Å². The lowest BCUT2D eigenvalue weighted by molar-refractivity contribution is -0.193. The molecule has 3 aromatic rings. The quantitative estimate of drug-likeness (QED) is 0.226. The van der Waals surface area contributed by atoms with E-state index in [1.807, 2.05) is 18.2 Å². The maximum absolute atomic E-state index is 13.5. The Labute approximate surface area is 253 Å². The summed E-state index contributed by atoms with van der Waals surface area (Å²) < 4.78 is 115. The van der Waals surface area contributed by atoms with Gasteiger partial charge in [0, 0.05) is 37.2 Å². The highest BCUT2D eigenvalue weighted by Gasteiger charge is 2.39. The van der Waals surface area contributed by atoms with E-state index in [4.69, 9.17) is 29.3 Å². The summed E-state index contributed by atoms with van der Waals surface area (Å²) in [4.78, 5) is 28.0. The summed E-state index contributed by atoms with van der Waals surface area (Å²) in [6.07, 6.45) is -12.4. The molecule has 0 spiro atoms. The molecule has 0 radical (unpaired) electrons. The van der Waals surface area contributed by atoms with E-state index in [0.717, 1.165) is 25.0 Å². The SMILES string of the molecule is COc1ccc(N2CCOCC2)cc1Nc1cc(Nc2ccccn2)c(C(F)(F)F)cn1.O=C(O)C(F)(F)F.O=C(O)C(F)(F)F. The van der Waals surface area contributed by atoms with Gasteiger partial charge in [0.1, 0.15) is 17.4 Å². The van der Waals surface area contributed by atoms with Crippen LogP contribution in [0.3, 0.4) is 0 Å². The van der Waals surface area contributed by atoms with Crippen molar-refractivity contribution in [2.24, 2.45) is 0 Å². The normalized spacial score (nSPS) is 13.3. The first-order chi connectivity index (χ1) is 21.3. The minimum absolute atomic E-state index is 0.156. The van der Waals surface area contributed by atoms with Crippen molar-refractivity contribution >= 4 is 40.6 Å². The van der Waals surface area contributed by atoms with E-state index in [-0.39, 0.29) is 11.5 Å². The molecule has 1 aromatic carbocycles. The van der Waals surface area contributed by atoms with Crippen LogP contribution >= 0.6 is 0 Å². The van der Waals surface area contributed by atoms with Gasteiger partial charge in [0.05, 0.1) is 37.3 Å². The van der Waals surface area contributed by atoms with Crippen molar-refractivity contribution < 1.29 is 68.8 Å². The molecule has 20 heteroatoms. The van der Waals surface area contributed by atoms with Gasteiger partial charge in [-0.3, -0.25) is 0 Å². The Morgan fingerprint density at radius 1 is 0.826 bits per heavy atom. The van der Waals surface area contributed by atoms with E-state index >= 15 is 0 Å². The molecule has 0 atom stereocenters. The predicted molar refractivity (Wildman–Crippen MR) is 143 cm³/mol. The van der Waals surface area contributed by atoms with Gasteiger partial charge in [0.25, 0.3) is 0 Å². The lowest BCUT2D eigenvalue weighted by atomic mass is 10.2. The third-order valence-electron chi connectivity index (χ3n) is 5.44. The van der Waals surface area contributed by atoms with Crippen molar-refractivity contribution in [1.29, 1.82) is 0 Å². The topological polar surface area (TPSA) is 146 Å². The molecule has 0 saturated carbocycles. The number of benzene rings is 1. The van der Waals surface area contributed by atoms with Crippen LogP contribution in [-0.4, -0.2) is 77.9 Å². The molecule has 0 amide bonds. The van der Waals surface area contributed by atoms with Gasteiger partial charge >= 0.3 is 30.5 Å². The van der Waals surface area contributed by atoms with Gasteiger partial charge < -0.3 is 35.2 Å². The minimum atomic E-state index is -5.08. The fraction of sp³-hybridized carbons (Fsp3) is 0.308. The number of carbonyl (C=O) groups is 2. The van der Waals surface area contributed by atoms with Crippen molar-refractivity contribution in [2.45, 2.75) is 18.5 Å². The van der Waals surface area contributed by atoms with Crippen molar-refractivity contribution in [3.05, 3.63) is 60.4 Å². The Morgan fingerprint density at radius 3 is 1.87 bits per heavy atom. The third kappa shape index (κ3) is 11.8. The molecule has 4 N–H and O–H groups in total. The van der Waals surface area contributed by atoms with Crippen LogP contribution in [0, 0.1) is 0 Å². The van der Waals surface area contributed by atoms with Gasteiger partial charge in [0.2, 0.25) is 0 Å². The largest absolute Gasteiger partial charge is 0.495 e. The minimum Gasteiger partial charge on any atom is -0.495 e. The number of hydrogen-bond acceptors (Lipinski definition) is 9. The summed E-state index contributed by atoms with van der Waals surface area (Å²) in [6, 6.07) is 11.9. The number of anilines is 5. The van der Waals surface area contributed by atoms with Gasteiger partial charge in [-0.1, -0.05) is 6.07 Å². The molecule has 0 aliphatic carbocycles. The van der Waals surface area contributed by atoms with E-state index in [1.165, 1.54) is 19.4 Å². The molecule has 46 heavy (non-hydrogen) atoms. The number of ether oxygens (including phenoxy) is 2. The van der Waals surface area contributed by atoms with Crippen molar-refractivity contribution in [3.63, 3.8) is 0 Å². The van der Waals surface area contributed by atoms with Gasteiger partial charge in [-0.2, -0.15) is 39.5 Å². The predicted octanol–water partition coefficient (Wildman–Crippen LogP) is 6.09. The Hall–Kier alpha value is -5.01. The van der Waals surface area contributed by atoms with Crippen LogP contribution < -0.4 is 20.3 Å². The molecule has 0 unspecified atom stereocenters. The smallest absolute Gasteiger partial charge is 0.490 e. The highest BCUT2D eigenvalue weighted by Crippen LogP contribution is 2.38. The monoisotopic (exact) mass is 673 g/mol. The van der Waals surface area contributed by atoms with Crippen LogP contribution in [0.5, 0.6) is 5.75 Å². The molecule has 3 heterocycles. The lowest BCUT2D eigenvalue weighted by Gasteiger charge is -2.29. The van der Waals surface area contributed by atoms with E-state index in [9.17, 15) is 39.5 Å². The molecule has 1 fully saturated rings. The van der Waals surface area contributed by atoms with Crippen LogP contribution in [0.1, 0.15) is 5.56 Å². The Bertz CT molecular complexity index is 1420. The molecule has 252 valence electrons. The number of morpholine rings is 1. The van der Waals surface area contributed by atoms with Crippen LogP contribution in [0.4, 0.5) is 68.2 Å². The first kappa shape index (κ1) is 37.2. The average molecular weight is 673 g/mol. The maximum atomic E-state index is 13.5. The van der Waals surface area contributed by atoms with Crippen molar-refractivity contribution in [2.75, 3.05) is 48.9 Å². The lowest BCUT2D eigenvalue weighted by Crippen LogP contribution is -2.36. The number of rotatable bonds is 6. The summed E-state index contributed by atoms with van der Waals surface area (Å²) in [5, 5.41) is 20.1. The molecule has 11 nitrogen and oxygen atoms in total. The Balaban J connectivity index is 0.000000440. The zero-order valence-corrected chi connectivity index (χ0v) is 23.3. The number of aliphatic carboxylic acids is 2. The van der Waals surface area contributed by atoms with Crippen LogP contribution in [0.15, 0.2) is 54.9 Å². The number of aromatic nitrogens is 2. The molecule has 1 aliphatic heterocycles. The first-order valence-corrected chi connectivity index (χ1v) is 12.5. The standard InChI is InChI=1S/C22H22F3N5O2.2C2HF3O2/c1-31-19-6-5-15(30-8-10-32-11-9-30)12-18(19)29-21-13-17(16(14-27-21)22(23,24)25)28-20-4-2-3-7-26-20;2*3-2(4,5)1(6)7/h2-7,12-14H,8-11H2,1H3,(H2,26,27,28,29);2*(H,6,7). The van der Waals surface area contributed by atoms with Gasteiger partial charge in [-0.05, 0) is 30.3 Å². The number of carboxylic acid groups (broad SMARTS) is 2. The molecule has 4 rings (SSSR count). The fourth-order valence-corrected chi connectivity index (χ4v) is 3.38. The second-order valence-corrected chi connectivity index (χ2v) is 8.67. The number of nitrogens with zero attached hydrogens (tertiary/aromatic N) is 3. The Morgan fingerprint density at radius 2 is 1.39 bits per heavy atom.